The number of carbonyl (C=O) groups is 1. The van der Waals surface area contributed by atoms with Gasteiger partial charge in [0.05, 0.1) is 5.56 Å². The summed E-state index contributed by atoms with van der Waals surface area (Å²) < 4.78 is 28.7. The van der Waals surface area contributed by atoms with Crippen LogP contribution in [0.3, 0.4) is 0 Å². The topological polar surface area (TPSA) is 64.3 Å². The van der Waals surface area contributed by atoms with E-state index in [-0.39, 0.29) is 35.3 Å². The van der Waals surface area contributed by atoms with E-state index in [1.165, 1.54) is 18.2 Å². The normalized spacial score (nSPS) is 10.9. The third-order valence-electron chi connectivity index (χ3n) is 2.11. The van der Waals surface area contributed by atoms with Gasteiger partial charge in [0.2, 0.25) is 0 Å². The van der Waals surface area contributed by atoms with E-state index < -0.39 is 18.1 Å². The predicted molar refractivity (Wildman–Crippen MR) is 75.9 cm³/mol. The Bertz CT molecular complexity index is 465. The van der Waals surface area contributed by atoms with E-state index in [0.717, 1.165) is 0 Å². The van der Waals surface area contributed by atoms with Crippen molar-refractivity contribution in [3.63, 3.8) is 0 Å². The van der Waals surface area contributed by atoms with E-state index in [1.54, 1.807) is 13.8 Å². The fourth-order valence-electron chi connectivity index (χ4n) is 1.28. The maximum Gasteiger partial charge on any atom is 0.387 e. The first-order valence-electron chi connectivity index (χ1n) is 5.50. The summed E-state index contributed by atoms with van der Waals surface area (Å²) in [4.78, 5) is 11.9. The molecule has 0 radical (unpaired) electrons. The smallest absolute Gasteiger partial charge is 0.387 e. The summed E-state index contributed by atoms with van der Waals surface area (Å²) in [7, 11) is 0. The molecule has 20 heavy (non-hydrogen) atoms. The van der Waals surface area contributed by atoms with Gasteiger partial charge in [-0.05, 0) is 32.0 Å². The second-order valence-electron chi connectivity index (χ2n) is 4.69. The molecule has 1 aromatic carbocycles. The molecule has 0 fully saturated rings. The Hall–Kier alpha value is -1.11. The number of rotatable bonds is 5. The Morgan fingerprint density at radius 2 is 2.10 bits per heavy atom. The first-order chi connectivity index (χ1) is 8.69. The average molecular weight is 329 g/mol. The SMILES string of the molecule is CC(C)(N)CNC(=O)c1cc(Cl)ccc1OC(F)F.Cl. The molecule has 0 aliphatic rings. The highest BCUT2D eigenvalue weighted by Crippen LogP contribution is 2.24. The molecule has 4 nitrogen and oxygen atoms in total. The van der Waals surface area contributed by atoms with Gasteiger partial charge in [0, 0.05) is 17.1 Å². The standard InChI is InChI=1S/C12H15ClF2N2O2.ClH/c1-12(2,16)6-17-10(18)8-5-7(13)3-4-9(8)19-11(14)15;/h3-5,11H,6,16H2,1-2H3,(H,17,18);1H. The van der Waals surface area contributed by atoms with Crippen molar-refractivity contribution in [2.75, 3.05) is 6.54 Å². The molecular formula is C12H16Cl2F2N2O2. The zero-order valence-corrected chi connectivity index (χ0v) is 12.5. The lowest BCUT2D eigenvalue weighted by Gasteiger charge is -2.19. The van der Waals surface area contributed by atoms with Crippen molar-refractivity contribution in [3.8, 4) is 5.75 Å². The maximum atomic E-state index is 12.2. The Kier molecular flexibility index (Phi) is 7.19. The molecule has 114 valence electrons. The zero-order chi connectivity index (χ0) is 14.6. The van der Waals surface area contributed by atoms with E-state index in [2.05, 4.69) is 10.1 Å². The fourth-order valence-corrected chi connectivity index (χ4v) is 1.45. The van der Waals surface area contributed by atoms with Crippen LogP contribution in [-0.4, -0.2) is 24.6 Å². The lowest BCUT2D eigenvalue weighted by Crippen LogP contribution is -2.45. The molecular weight excluding hydrogens is 313 g/mol. The lowest BCUT2D eigenvalue weighted by molar-refractivity contribution is -0.0501. The summed E-state index contributed by atoms with van der Waals surface area (Å²) >= 11 is 5.74. The zero-order valence-electron chi connectivity index (χ0n) is 11.0. The van der Waals surface area contributed by atoms with Gasteiger partial charge in [0.15, 0.2) is 0 Å². The number of alkyl halides is 2. The van der Waals surface area contributed by atoms with Gasteiger partial charge in [0.25, 0.3) is 5.91 Å². The number of halogens is 4. The highest BCUT2D eigenvalue weighted by atomic mass is 35.5. The molecule has 0 spiro atoms. The molecule has 1 aromatic rings. The van der Waals surface area contributed by atoms with Crippen LogP contribution < -0.4 is 15.8 Å². The first-order valence-corrected chi connectivity index (χ1v) is 5.88. The van der Waals surface area contributed by atoms with E-state index in [4.69, 9.17) is 17.3 Å². The van der Waals surface area contributed by atoms with Gasteiger partial charge in [-0.25, -0.2) is 0 Å². The van der Waals surface area contributed by atoms with Crippen LogP contribution in [0.4, 0.5) is 8.78 Å². The number of benzene rings is 1. The van der Waals surface area contributed by atoms with Crippen molar-refractivity contribution < 1.29 is 18.3 Å². The molecule has 1 amide bonds. The van der Waals surface area contributed by atoms with Gasteiger partial charge in [-0.2, -0.15) is 8.78 Å². The second-order valence-corrected chi connectivity index (χ2v) is 5.13. The van der Waals surface area contributed by atoms with Crippen molar-refractivity contribution in [1.82, 2.24) is 5.32 Å². The Labute approximate surface area is 127 Å². The van der Waals surface area contributed by atoms with Crippen LogP contribution in [0.2, 0.25) is 5.02 Å². The number of carbonyl (C=O) groups excluding carboxylic acids is 1. The number of hydrogen-bond acceptors (Lipinski definition) is 3. The summed E-state index contributed by atoms with van der Waals surface area (Å²) in [5.41, 5.74) is 5.05. The van der Waals surface area contributed by atoms with Gasteiger partial charge < -0.3 is 15.8 Å². The largest absolute Gasteiger partial charge is 0.434 e. The van der Waals surface area contributed by atoms with Gasteiger partial charge in [-0.15, -0.1) is 12.4 Å². The van der Waals surface area contributed by atoms with E-state index in [1.807, 2.05) is 0 Å². The summed E-state index contributed by atoms with van der Waals surface area (Å²) in [6.45, 7) is 0.620. The van der Waals surface area contributed by atoms with Gasteiger partial charge >= 0.3 is 6.61 Å². The molecule has 8 heteroatoms. The monoisotopic (exact) mass is 328 g/mol. The van der Waals surface area contributed by atoms with Gasteiger partial charge in [-0.3, -0.25) is 4.79 Å². The Morgan fingerprint density at radius 3 is 2.60 bits per heavy atom. The highest BCUT2D eigenvalue weighted by Gasteiger charge is 2.18. The minimum atomic E-state index is -3.02. The molecule has 0 aromatic heterocycles. The van der Waals surface area contributed by atoms with Crippen molar-refractivity contribution in [2.45, 2.75) is 26.0 Å². The average Bonchev–Trinajstić information content (AvgIpc) is 2.27. The molecule has 0 aliphatic carbocycles. The summed E-state index contributed by atoms with van der Waals surface area (Å²) in [5, 5.41) is 2.78. The van der Waals surface area contributed by atoms with Crippen LogP contribution in [0.5, 0.6) is 5.75 Å². The first kappa shape index (κ1) is 18.9. The molecule has 3 N–H and O–H groups in total. The third-order valence-corrected chi connectivity index (χ3v) is 2.34. The number of amides is 1. The van der Waals surface area contributed by atoms with Crippen LogP contribution >= 0.6 is 24.0 Å². The quantitative estimate of drug-likeness (QED) is 0.873. The molecule has 0 heterocycles. The highest BCUT2D eigenvalue weighted by molar-refractivity contribution is 6.31. The van der Waals surface area contributed by atoms with Crippen LogP contribution in [0.15, 0.2) is 18.2 Å². The summed E-state index contributed by atoms with van der Waals surface area (Å²) in [6.07, 6.45) is 0. The third kappa shape index (κ3) is 6.36. The predicted octanol–water partition coefficient (Wildman–Crippen LogP) is 2.83. The molecule has 0 aliphatic heterocycles. The summed E-state index contributed by atoms with van der Waals surface area (Å²) in [6, 6.07) is 3.85. The van der Waals surface area contributed by atoms with Crippen LogP contribution in [0.25, 0.3) is 0 Å². The van der Waals surface area contributed by atoms with Crippen LogP contribution in [0, 0.1) is 0 Å². The van der Waals surface area contributed by atoms with Crippen molar-refractivity contribution >= 4 is 29.9 Å². The lowest BCUT2D eigenvalue weighted by atomic mass is 10.1. The Morgan fingerprint density at radius 1 is 1.50 bits per heavy atom. The molecule has 0 atom stereocenters. The number of ether oxygens (including phenoxy) is 1. The van der Waals surface area contributed by atoms with Crippen molar-refractivity contribution in [1.29, 1.82) is 0 Å². The van der Waals surface area contributed by atoms with Gasteiger partial charge in [-0.1, -0.05) is 11.6 Å². The maximum absolute atomic E-state index is 12.2. The van der Waals surface area contributed by atoms with E-state index >= 15 is 0 Å². The molecule has 0 saturated carbocycles. The molecule has 0 bridgehead atoms. The van der Waals surface area contributed by atoms with Crippen LogP contribution in [0.1, 0.15) is 24.2 Å². The van der Waals surface area contributed by atoms with Crippen LogP contribution in [-0.2, 0) is 0 Å². The minimum Gasteiger partial charge on any atom is -0.434 e. The minimum absolute atomic E-state index is 0. The summed E-state index contributed by atoms with van der Waals surface area (Å²) in [5.74, 6) is -0.802. The molecule has 0 saturated heterocycles. The Balaban J connectivity index is 0.00000361. The van der Waals surface area contributed by atoms with Crippen molar-refractivity contribution in [2.24, 2.45) is 5.73 Å². The second kappa shape index (κ2) is 7.61. The van der Waals surface area contributed by atoms with Gasteiger partial charge in [0.1, 0.15) is 5.75 Å². The van der Waals surface area contributed by atoms with E-state index in [9.17, 15) is 13.6 Å². The number of nitrogens with one attached hydrogen (secondary N) is 1. The molecule has 0 unspecified atom stereocenters. The molecule has 1 rings (SSSR count). The number of hydrogen-bond donors (Lipinski definition) is 2. The van der Waals surface area contributed by atoms with Crippen molar-refractivity contribution in [3.05, 3.63) is 28.8 Å². The number of nitrogens with two attached hydrogens (primary N) is 1. The van der Waals surface area contributed by atoms with E-state index in [0.29, 0.717) is 0 Å². The fraction of sp³-hybridized carbons (Fsp3) is 0.417.